The standard InChI is InChI=1S/C21H24FN3O3/c1-13-7-3-4-8-15(13)11-18(20(23)27)25-21(28)19(24-14(2)26)12-16-9-5-6-10-17(16)22/h3-10,18-19H,11-12H2,1-2H3,(H2,23,27)(H,24,26)(H,25,28)/t18-,19+/m1/s1. The molecule has 2 rings (SSSR count). The predicted octanol–water partition coefficient (Wildman–Crippen LogP) is 1.39. The second-order valence-electron chi connectivity index (χ2n) is 6.64. The number of rotatable bonds is 8. The number of hydrogen-bond acceptors (Lipinski definition) is 3. The van der Waals surface area contributed by atoms with Crippen molar-refractivity contribution in [3.63, 3.8) is 0 Å². The van der Waals surface area contributed by atoms with E-state index in [2.05, 4.69) is 10.6 Å². The van der Waals surface area contributed by atoms with Crippen LogP contribution in [-0.4, -0.2) is 29.8 Å². The monoisotopic (exact) mass is 385 g/mol. The molecule has 0 saturated heterocycles. The molecule has 3 amide bonds. The fraction of sp³-hybridized carbons (Fsp3) is 0.286. The van der Waals surface area contributed by atoms with Gasteiger partial charge >= 0.3 is 0 Å². The molecule has 0 spiro atoms. The molecule has 148 valence electrons. The highest BCUT2D eigenvalue weighted by atomic mass is 19.1. The van der Waals surface area contributed by atoms with Crippen molar-refractivity contribution in [2.75, 3.05) is 0 Å². The summed E-state index contributed by atoms with van der Waals surface area (Å²) in [5.74, 6) is -2.21. The van der Waals surface area contributed by atoms with Gasteiger partial charge in [0.1, 0.15) is 17.9 Å². The lowest BCUT2D eigenvalue weighted by molar-refractivity contribution is -0.130. The molecule has 0 unspecified atom stereocenters. The lowest BCUT2D eigenvalue weighted by Gasteiger charge is -2.22. The zero-order valence-corrected chi connectivity index (χ0v) is 15.9. The Labute approximate surface area is 163 Å². The van der Waals surface area contributed by atoms with E-state index in [1.54, 1.807) is 6.07 Å². The van der Waals surface area contributed by atoms with Gasteiger partial charge in [0.2, 0.25) is 17.7 Å². The van der Waals surface area contributed by atoms with Gasteiger partial charge in [-0.2, -0.15) is 0 Å². The molecule has 0 aliphatic rings. The summed E-state index contributed by atoms with van der Waals surface area (Å²) in [6.45, 7) is 3.16. The number of nitrogens with two attached hydrogens (primary N) is 1. The summed E-state index contributed by atoms with van der Waals surface area (Å²) < 4.78 is 14.0. The van der Waals surface area contributed by atoms with E-state index in [1.807, 2.05) is 31.2 Å². The van der Waals surface area contributed by atoms with Crippen LogP contribution in [-0.2, 0) is 27.2 Å². The molecule has 0 heterocycles. The van der Waals surface area contributed by atoms with E-state index in [9.17, 15) is 18.8 Å². The maximum Gasteiger partial charge on any atom is 0.243 e. The third-order valence-corrected chi connectivity index (χ3v) is 4.42. The lowest BCUT2D eigenvalue weighted by Crippen LogP contribution is -2.54. The first kappa shape index (κ1) is 21.1. The topological polar surface area (TPSA) is 101 Å². The molecule has 0 aliphatic heterocycles. The lowest BCUT2D eigenvalue weighted by atomic mass is 9.99. The fourth-order valence-corrected chi connectivity index (χ4v) is 2.89. The normalized spacial score (nSPS) is 12.7. The van der Waals surface area contributed by atoms with Gasteiger partial charge in [-0.05, 0) is 29.7 Å². The number of benzene rings is 2. The molecule has 0 aromatic heterocycles. The SMILES string of the molecule is CC(=O)N[C@@H](Cc1ccccc1F)C(=O)N[C@H](Cc1ccccc1C)C(N)=O. The van der Waals surface area contributed by atoms with E-state index in [1.165, 1.54) is 25.1 Å². The molecule has 0 aliphatic carbocycles. The van der Waals surface area contributed by atoms with Crippen LogP contribution >= 0.6 is 0 Å². The number of carbonyl (C=O) groups is 3. The van der Waals surface area contributed by atoms with Gasteiger partial charge in [-0.15, -0.1) is 0 Å². The van der Waals surface area contributed by atoms with Crippen LogP contribution in [0.1, 0.15) is 23.6 Å². The van der Waals surface area contributed by atoms with Crippen LogP contribution in [0.3, 0.4) is 0 Å². The van der Waals surface area contributed by atoms with E-state index in [0.29, 0.717) is 0 Å². The number of hydrogen-bond donors (Lipinski definition) is 3. The smallest absolute Gasteiger partial charge is 0.243 e. The van der Waals surface area contributed by atoms with Crippen molar-refractivity contribution in [1.82, 2.24) is 10.6 Å². The average Bonchev–Trinajstić information content (AvgIpc) is 2.63. The number of aryl methyl sites for hydroxylation is 1. The van der Waals surface area contributed by atoms with Gasteiger partial charge in [0.15, 0.2) is 0 Å². The van der Waals surface area contributed by atoms with Crippen molar-refractivity contribution in [1.29, 1.82) is 0 Å². The molecule has 0 radical (unpaired) electrons. The largest absolute Gasteiger partial charge is 0.368 e. The average molecular weight is 385 g/mol. The predicted molar refractivity (Wildman–Crippen MR) is 104 cm³/mol. The highest BCUT2D eigenvalue weighted by Crippen LogP contribution is 2.12. The minimum absolute atomic E-state index is 0.0477. The van der Waals surface area contributed by atoms with Crippen molar-refractivity contribution in [3.05, 3.63) is 71.0 Å². The van der Waals surface area contributed by atoms with Crippen LogP contribution in [0.2, 0.25) is 0 Å². The van der Waals surface area contributed by atoms with Gasteiger partial charge in [-0.25, -0.2) is 4.39 Å². The van der Waals surface area contributed by atoms with Crippen LogP contribution < -0.4 is 16.4 Å². The Morgan fingerprint density at radius 2 is 1.50 bits per heavy atom. The summed E-state index contributed by atoms with van der Waals surface area (Å²) in [7, 11) is 0. The molecule has 0 fully saturated rings. The molecule has 0 bridgehead atoms. The fourth-order valence-electron chi connectivity index (χ4n) is 2.89. The number of nitrogens with one attached hydrogen (secondary N) is 2. The zero-order chi connectivity index (χ0) is 20.7. The van der Waals surface area contributed by atoms with Gasteiger partial charge in [0.05, 0.1) is 0 Å². The molecule has 2 aromatic rings. The minimum atomic E-state index is -1.03. The number of primary amides is 1. The van der Waals surface area contributed by atoms with Crippen LogP contribution in [0.4, 0.5) is 4.39 Å². The molecule has 7 heteroatoms. The van der Waals surface area contributed by atoms with Gasteiger partial charge in [0, 0.05) is 19.8 Å². The molecule has 0 saturated carbocycles. The Kier molecular flexibility index (Phi) is 7.26. The first-order chi connectivity index (χ1) is 13.3. The first-order valence-corrected chi connectivity index (χ1v) is 8.92. The highest BCUT2D eigenvalue weighted by molar-refractivity contribution is 5.91. The van der Waals surface area contributed by atoms with Crippen LogP contribution in [0, 0.1) is 12.7 Å². The van der Waals surface area contributed by atoms with Gasteiger partial charge in [-0.3, -0.25) is 14.4 Å². The summed E-state index contributed by atoms with van der Waals surface area (Å²) in [6.07, 6.45) is 0.175. The number of halogens is 1. The summed E-state index contributed by atoms with van der Waals surface area (Å²) >= 11 is 0. The van der Waals surface area contributed by atoms with E-state index < -0.39 is 35.6 Å². The van der Waals surface area contributed by atoms with Crippen molar-refractivity contribution >= 4 is 17.7 Å². The van der Waals surface area contributed by atoms with E-state index in [-0.39, 0.29) is 18.4 Å². The Balaban J connectivity index is 2.17. The molecule has 28 heavy (non-hydrogen) atoms. The Morgan fingerprint density at radius 3 is 2.07 bits per heavy atom. The highest BCUT2D eigenvalue weighted by Gasteiger charge is 2.26. The summed E-state index contributed by atoms with van der Waals surface area (Å²) in [5.41, 5.74) is 7.58. The van der Waals surface area contributed by atoms with E-state index in [0.717, 1.165) is 11.1 Å². The third kappa shape index (κ3) is 5.90. The number of carbonyl (C=O) groups excluding carboxylic acids is 3. The van der Waals surface area contributed by atoms with Crippen molar-refractivity contribution in [3.8, 4) is 0 Å². The van der Waals surface area contributed by atoms with Crippen LogP contribution in [0.15, 0.2) is 48.5 Å². The van der Waals surface area contributed by atoms with E-state index >= 15 is 0 Å². The molecule has 4 N–H and O–H groups in total. The van der Waals surface area contributed by atoms with Crippen molar-refractivity contribution in [2.45, 2.75) is 38.8 Å². The van der Waals surface area contributed by atoms with Gasteiger partial charge in [-0.1, -0.05) is 42.5 Å². The number of amides is 3. The Morgan fingerprint density at radius 1 is 0.929 bits per heavy atom. The van der Waals surface area contributed by atoms with Crippen LogP contribution in [0.25, 0.3) is 0 Å². The van der Waals surface area contributed by atoms with E-state index in [4.69, 9.17) is 5.73 Å². The second-order valence-corrected chi connectivity index (χ2v) is 6.64. The van der Waals surface area contributed by atoms with Gasteiger partial charge in [0.25, 0.3) is 0 Å². The third-order valence-electron chi connectivity index (χ3n) is 4.42. The molecular formula is C21H24FN3O3. The quantitative estimate of drug-likeness (QED) is 0.640. The molecule has 2 aromatic carbocycles. The Hall–Kier alpha value is -3.22. The van der Waals surface area contributed by atoms with Crippen molar-refractivity contribution < 1.29 is 18.8 Å². The molecule has 6 nitrogen and oxygen atoms in total. The van der Waals surface area contributed by atoms with Gasteiger partial charge < -0.3 is 16.4 Å². The summed E-state index contributed by atoms with van der Waals surface area (Å²) in [6, 6.07) is 11.5. The first-order valence-electron chi connectivity index (χ1n) is 8.92. The maximum atomic E-state index is 14.0. The summed E-state index contributed by atoms with van der Waals surface area (Å²) in [4.78, 5) is 36.1. The Bertz CT molecular complexity index is 869. The van der Waals surface area contributed by atoms with Crippen LogP contribution in [0.5, 0.6) is 0 Å². The zero-order valence-electron chi connectivity index (χ0n) is 15.9. The molecule has 2 atom stereocenters. The van der Waals surface area contributed by atoms with Crippen molar-refractivity contribution in [2.24, 2.45) is 5.73 Å². The molecular weight excluding hydrogens is 361 g/mol. The maximum absolute atomic E-state index is 14.0. The minimum Gasteiger partial charge on any atom is -0.368 e. The summed E-state index contributed by atoms with van der Waals surface area (Å²) in [5, 5.41) is 5.09. The second kappa shape index (κ2) is 9.64.